The van der Waals surface area contributed by atoms with Gasteiger partial charge in [-0.1, -0.05) is 29.8 Å². The molecule has 0 N–H and O–H groups in total. The third-order valence-corrected chi connectivity index (χ3v) is 7.76. The number of amides is 2. The van der Waals surface area contributed by atoms with Gasteiger partial charge in [0.2, 0.25) is 11.8 Å². The highest BCUT2D eigenvalue weighted by Crippen LogP contribution is 2.65. The van der Waals surface area contributed by atoms with Gasteiger partial charge in [0.15, 0.2) is 12.4 Å². The van der Waals surface area contributed by atoms with E-state index >= 15 is 0 Å². The summed E-state index contributed by atoms with van der Waals surface area (Å²) in [5.41, 5.74) is 0.930. The van der Waals surface area contributed by atoms with E-state index in [4.69, 9.17) is 16.3 Å². The topological polar surface area (TPSA) is 80.8 Å². The number of rotatable bonds is 5. The summed E-state index contributed by atoms with van der Waals surface area (Å²) in [6.07, 6.45) is 5.35. The number of allylic oxidation sites excluding steroid dienone is 2. The van der Waals surface area contributed by atoms with E-state index in [1.807, 2.05) is 0 Å². The predicted molar refractivity (Wildman–Crippen MR) is 120 cm³/mol. The van der Waals surface area contributed by atoms with Gasteiger partial charge in [-0.05, 0) is 72.6 Å². The summed E-state index contributed by atoms with van der Waals surface area (Å²) in [6.45, 7) is -0.422. The van der Waals surface area contributed by atoms with E-state index in [0.29, 0.717) is 28.1 Å². The Labute approximate surface area is 195 Å². The van der Waals surface area contributed by atoms with Crippen molar-refractivity contribution in [3.63, 3.8) is 0 Å². The van der Waals surface area contributed by atoms with Gasteiger partial charge in [-0.3, -0.25) is 14.4 Å². The van der Waals surface area contributed by atoms with Gasteiger partial charge >= 0.3 is 5.97 Å². The van der Waals surface area contributed by atoms with Crippen molar-refractivity contribution in [3.8, 4) is 0 Å². The summed E-state index contributed by atoms with van der Waals surface area (Å²) in [5.74, 6) is -0.693. The Kier molecular flexibility index (Phi) is 4.56. The van der Waals surface area contributed by atoms with Crippen LogP contribution in [0.1, 0.15) is 27.1 Å². The molecule has 3 fully saturated rings. The van der Waals surface area contributed by atoms with Crippen molar-refractivity contribution < 1.29 is 23.9 Å². The molecule has 0 unspecified atom stereocenters. The number of halogens is 1. The Hall–Kier alpha value is -3.25. The molecule has 2 saturated carbocycles. The Morgan fingerprint density at radius 1 is 0.909 bits per heavy atom. The fourth-order valence-corrected chi connectivity index (χ4v) is 6.04. The molecular weight excluding hydrogens is 442 g/mol. The molecule has 0 aromatic heterocycles. The number of hydrogen-bond acceptors (Lipinski definition) is 5. The van der Waals surface area contributed by atoms with Crippen molar-refractivity contribution in [2.75, 3.05) is 11.5 Å². The third-order valence-electron chi connectivity index (χ3n) is 7.50. The average molecular weight is 462 g/mol. The van der Waals surface area contributed by atoms with E-state index in [2.05, 4.69) is 12.2 Å². The molecule has 2 amide bonds. The van der Waals surface area contributed by atoms with Crippen LogP contribution in [0.2, 0.25) is 5.02 Å². The largest absolute Gasteiger partial charge is 0.454 e. The normalized spacial score (nSPS) is 30.8. The minimum atomic E-state index is -0.696. The summed E-state index contributed by atoms with van der Waals surface area (Å²) < 4.78 is 5.18. The van der Waals surface area contributed by atoms with Crippen LogP contribution in [0.25, 0.3) is 0 Å². The van der Waals surface area contributed by atoms with E-state index in [9.17, 15) is 19.2 Å². The first-order valence-electron chi connectivity index (χ1n) is 11.1. The summed E-state index contributed by atoms with van der Waals surface area (Å²) in [4.78, 5) is 52.7. The second-order valence-corrected chi connectivity index (χ2v) is 9.66. The molecule has 7 heteroatoms. The van der Waals surface area contributed by atoms with Gasteiger partial charge in [0.25, 0.3) is 0 Å². The van der Waals surface area contributed by atoms with Crippen LogP contribution in [0.5, 0.6) is 0 Å². The lowest BCUT2D eigenvalue weighted by atomic mass is 9.63. The number of carbonyl (C=O) groups excluding carboxylic acids is 4. The van der Waals surface area contributed by atoms with Crippen LogP contribution >= 0.6 is 11.6 Å². The number of Topliss-reactive ketones (excluding diaryl/α,β-unsaturated/α-hetero) is 1. The van der Waals surface area contributed by atoms with Crippen LogP contribution in [-0.4, -0.2) is 30.2 Å². The Morgan fingerprint density at radius 2 is 1.55 bits per heavy atom. The van der Waals surface area contributed by atoms with E-state index in [0.717, 1.165) is 6.42 Å². The van der Waals surface area contributed by atoms with Gasteiger partial charge in [-0.25, -0.2) is 9.69 Å². The highest BCUT2D eigenvalue weighted by atomic mass is 35.5. The second kappa shape index (κ2) is 7.39. The Morgan fingerprint density at radius 3 is 2.18 bits per heavy atom. The summed E-state index contributed by atoms with van der Waals surface area (Å²) in [5, 5.41) is 0.507. The van der Waals surface area contributed by atoms with Crippen LogP contribution in [0.3, 0.4) is 0 Å². The van der Waals surface area contributed by atoms with Crippen molar-refractivity contribution >= 4 is 40.9 Å². The highest BCUT2D eigenvalue weighted by molar-refractivity contribution is 6.30. The Balaban J connectivity index is 1.18. The van der Waals surface area contributed by atoms with E-state index < -0.39 is 12.6 Å². The zero-order valence-electron chi connectivity index (χ0n) is 17.5. The van der Waals surface area contributed by atoms with Gasteiger partial charge in [-0.15, -0.1) is 0 Å². The fourth-order valence-electron chi connectivity index (χ4n) is 5.92. The number of ether oxygens (including phenoxy) is 1. The lowest BCUT2D eigenvalue weighted by Gasteiger charge is -2.37. The zero-order valence-corrected chi connectivity index (χ0v) is 18.3. The van der Waals surface area contributed by atoms with Crippen molar-refractivity contribution in [2.45, 2.75) is 6.42 Å². The van der Waals surface area contributed by atoms with Crippen LogP contribution < -0.4 is 4.90 Å². The van der Waals surface area contributed by atoms with Crippen molar-refractivity contribution in [2.24, 2.45) is 35.5 Å². The van der Waals surface area contributed by atoms with E-state index in [1.165, 1.54) is 17.0 Å². The van der Waals surface area contributed by atoms with Crippen LogP contribution in [0.4, 0.5) is 5.69 Å². The van der Waals surface area contributed by atoms with E-state index in [1.54, 1.807) is 36.4 Å². The Bertz CT molecular complexity index is 1200. The van der Waals surface area contributed by atoms with Crippen molar-refractivity contribution in [1.82, 2.24) is 0 Å². The molecule has 166 valence electrons. The summed E-state index contributed by atoms with van der Waals surface area (Å²) in [6, 6.07) is 12.6. The number of benzene rings is 2. The van der Waals surface area contributed by atoms with Gasteiger partial charge in [-0.2, -0.15) is 0 Å². The molecule has 2 aromatic rings. The number of ketones is 1. The molecular formula is C26H20ClNO5. The third kappa shape index (κ3) is 3.16. The maximum absolute atomic E-state index is 13.3. The number of imide groups is 1. The second-order valence-electron chi connectivity index (χ2n) is 9.22. The fraction of sp³-hybridized carbons (Fsp3) is 0.308. The maximum atomic E-state index is 13.3. The standard InChI is InChI=1S/C26H20ClNO5/c27-15-6-4-13(5-7-15)21(29)12-33-26(32)14-2-1-3-16(10-14)28-24(30)22-17-8-9-18(20-11-19(17)20)23(22)25(28)31/h1-10,17-20,22-23H,11-12H2/t17-,18-,19-,20-,22-,23+/m1/s1. The monoisotopic (exact) mass is 461 g/mol. The predicted octanol–water partition coefficient (Wildman–Crippen LogP) is 3.94. The molecule has 2 bridgehead atoms. The SMILES string of the molecule is O=C(COC(=O)c1cccc(N2C(=O)[C@@H]3[C@@H]4C=C[C@H]([C@H]5C[C@H]45)[C@@H]3C2=O)c1)c1ccc(Cl)cc1. The molecule has 33 heavy (non-hydrogen) atoms. The molecule has 1 aliphatic heterocycles. The summed E-state index contributed by atoms with van der Waals surface area (Å²) >= 11 is 5.83. The molecule has 2 aromatic carbocycles. The van der Waals surface area contributed by atoms with Gasteiger partial charge < -0.3 is 4.74 Å². The van der Waals surface area contributed by atoms with Gasteiger partial charge in [0, 0.05) is 10.6 Å². The van der Waals surface area contributed by atoms with Crippen LogP contribution in [0.15, 0.2) is 60.7 Å². The number of esters is 1. The molecule has 6 nitrogen and oxygen atoms in total. The number of anilines is 1. The zero-order chi connectivity index (χ0) is 22.9. The molecule has 6 atom stereocenters. The molecule has 0 spiro atoms. The smallest absolute Gasteiger partial charge is 0.338 e. The molecule has 1 heterocycles. The van der Waals surface area contributed by atoms with Crippen LogP contribution in [0, 0.1) is 35.5 Å². The van der Waals surface area contributed by atoms with Crippen LogP contribution in [-0.2, 0) is 14.3 Å². The maximum Gasteiger partial charge on any atom is 0.338 e. The number of hydrogen-bond donors (Lipinski definition) is 0. The minimum Gasteiger partial charge on any atom is -0.454 e. The highest BCUT2D eigenvalue weighted by Gasteiger charge is 2.67. The first-order chi connectivity index (χ1) is 15.9. The minimum absolute atomic E-state index is 0.137. The average Bonchev–Trinajstić information content (AvgIpc) is 3.61. The first-order valence-corrected chi connectivity index (χ1v) is 11.4. The first kappa shape index (κ1) is 20.4. The molecule has 0 radical (unpaired) electrons. The number of carbonyl (C=O) groups is 4. The van der Waals surface area contributed by atoms with Gasteiger partial charge in [0.05, 0.1) is 23.1 Å². The van der Waals surface area contributed by atoms with Crippen molar-refractivity contribution in [3.05, 3.63) is 76.8 Å². The molecule has 5 aliphatic rings. The lowest BCUT2D eigenvalue weighted by Crippen LogP contribution is -2.40. The molecule has 4 aliphatic carbocycles. The van der Waals surface area contributed by atoms with Gasteiger partial charge in [0.1, 0.15) is 0 Å². The quantitative estimate of drug-likeness (QED) is 0.291. The van der Waals surface area contributed by atoms with Crippen molar-refractivity contribution in [1.29, 1.82) is 0 Å². The molecule has 7 rings (SSSR count). The number of nitrogens with zero attached hydrogens (tertiary/aromatic N) is 1. The molecule has 1 saturated heterocycles. The lowest BCUT2D eigenvalue weighted by molar-refractivity contribution is -0.124. The summed E-state index contributed by atoms with van der Waals surface area (Å²) in [7, 11) is 0. The van der Waals surface area contributed by atoms with E-state index in [-0.39, 0.29) is 46.8 Å².